The number of nitrogens with one attached hydrogen (secondary N) is 1. The average molecular weight is 310 g/mol. The highest BCUT2D eigenvalue weighted by atomic mass is 16.2. The van der Waals surface area contributed by atoms with E-state index in [0.29, 0.717) is 16.8 Å². The van der Waals surface area contributed by atoms with Crippen LogP contribution in [0.2, 0.25) is 0 Å². The lowest BCUT2D eigenvalue weighted by Gasteiger charge is -2.25. The van der Waals surface area contributed by atoms with E-state index in [-0.39, 0.29) is 28.8 Å². The van der Waals surface area contributed by atoms with Crippen molar-refractivity contribution in [1.82, 2.24) is 5.43 Å². The Kier molecular flexibility index (Phi) is 3.01. The van der Waals surface area contributed by atoms with Crippen LogP contribution in [0.15, 0.2) is 29.4 Å². The maximum Gasteiger partial charge on any atom is 0.243 e. The largest absolute Gasteiger partial charge is 0.293 e. The molecule has 0 saturated heterocycles. The zero-order valence-electron chi connectivity index (χ0n) is 13.0. The Labute approximate surface area is 134 Å². The molecule has 118 valence electrons. The molecule has 1 aromatic rings. The third-order valence-corrected chi connectivity index (χ3v) is 5.60. The molecule has 0 heterocycles. The van der Waals surface area contributed by atoms with Crippen LogP contribution in [0.3, 0.4) is 0 Å². The third-order valence-electron chi connectivity index (χ3n) is 5.60. The van der Waals surface area contributed by atoms with E-state index in [0.717, 1.165) is 19.3 Å². The summed E-state index contributed by atoms with van der Waals surface area (Å²) in [6, 6.07) is 6.80. The number of fused-ring (bicyclic) bond motifs is 1. The van der Waals surface area contributed by atoms with Gasteiger partial charge in [-0.05, 0) is 31.6 Å². The van der Waals surface area contributed by atoms with E-state index in [9.17, 15) is 14.4 Å². The van der Waals surface area contributed by atoms with Gasteiger partial charge in [-0.25, -0.2) is 5.43 Å². The minimum Gasteiger partial charge on any atom is -0.293 e. The van der Waals surface area contributed by atoms with Crippen molar-refractivity contribution < 1.29 is 14.4 Å². The molecule has 2 saturated carbocycles. The number of amides is 1. The van der Waals surface area contributed by atoms with Crippen molar-refractivity contribution in [3.8, 4) is 0 Å². The molecule has 1 spiro atoms. The molecule has 1 atom stereocenters. The number of hydrogen-bond acceptors (Lipinski definition) is 4. The van der Waals surface area contributed by atoms with E-state index in [4.69, 9.17) is 0 Å². The van der Waals surface area contributed by atoms with Gasteiger partial charge in [0.05, 0.1) is 5.71 Å². The van der Waals surface area contributed by atoms with E-state index in [1.807, 2.05) is 0 Å². The molecular formula is C18H18N2O3. The van der Waals surface area contributed by atoms with Crippen molar-refractivity contribution in [1.29, 1.82) is 0 Å². The lowest BCUT2D eigenvalue weighted by Crippen LogP contribution is -2.30. The normalized spacial score (nSPS) is 25.3. The van der Waals surface area contributed by atoms with Crippen LogP contribution in [0.25, 0.3) is 0 Å². The van der Waals surface area contributed by atoms with Crippen LogP contribution in [0.1, 0.15) is 53.3 Å². The van der Waals surface area contributed by atoms with Gasteiger partial charge in [0.2, 0.25) is 5.91 Å². The van der Waals surface area contributed by atoms with E-state index < -0.39 is 5.92 Å². The number of ketones is 2. The van der Waals surface area contributed by atoms with E-state index in [1.165, 1.54) is 6.42 Å². The van der Waals surface area contributed by atoms with Crippen LogP contribution < -0.4 is 5.43 Å². The maximum atomic E-state index is 12.4. The molecule has 5 heteroatoms. The zero-order valence-corrected chi connectivity index (χ0v) is 13.0. The fourth-order valence-corrected chi connectivity index (χ4v) is 3.91. The van der Waals surface area contributed by atoms with Gasteiger partial charge < -0.3 is 0 Å². The summed E-state index contributed by atoms with van der Waals surface area (Å²) in [5.41, 5.74) is 4.04. The number of carbonyl (C=O) groups excluding carboxylic acids is 3. The van der Waals surface area contributed by atoms with Gasteiger partial charge in [-0.3, -0.25) is 14.4 Å². The van der Waals surface area contributed by atoms with Gasteiger partial charge in [0.1, 0.15) is 5.92 Å². The fraction of sp³-hybridized carbons (Fsp3) is 0.444. The van der Waals surface area contributed by atoms with Gasteiger partial charge in [0.15, 0.2) is 11.6 Å². The number of Topliss-reactive ketones (excluding diaryl/α,β-unsaturated/α-hetero) is 2. The van der Waals surface area contributed by atoms with Crippen molar-refractivity contribution >= 4 is 23.2 Å². The molecule has 2 fully saturated rings. The third kappa shape index (κ3) is 2.06. The van der Waals surface area contributed by atoms with Crippen molar-refractivity contribution in [3.05, 3.63) is 35.4 Å². The highest BCUT2D eigenvalue weighted by molar-refractivity contribution is 6.36. The molecule has 1 aromatic carbocycles. The van der Waals surface area contributed by atoms with Gasteiger partial charge in [-0.15, -0.1) is 0 Å². The standard InChI is InChI=1S/C18H18N2O3/c1-10(19-20-17(23)13-9-18(13)7-4-8-18)14-15(21)11-5-2-3-6-12(11)16(14)22/h2-3,5-6,13-14H,4,7-9H2,1H3,(H,20,23). The van der Waals surface area contributed by atoms with Crippen molar-refractivity contribution in [2.75, 3.05) is 0 Å². The summed E-state index contributed by atoms with van der Waals surface area (Å²) in [5.74, 6) is -1.39. The van der Waals surface area contributed by atoms with Crippen LogP contribution in [-0.4, -0.2) is 23.2 Å². The summed E-state index contributed by atoms with van der Waals surface area (Å²) in [6.45, 7) is 1.62. The minimum absolute atomic E-state index is 0.0555. The molecule has 1 N–H and O–H groups in total. The second-order valence-electron chi connectivity index (χ2n) is 6.91. The molecular weight excluding hydrogens is 292 g/mol. The lowest BCUT2D eigenvalue weighted by molar-refractivity contribution is -0.123. The van der Waals surface area contributed by atoms with Crippen LogP contribution in [-0.2, 0) is 4.79 Å². The number of benzene rings is 1. The number of hydrazone groups is 1. The SMILES string of the molecule is CC(=NNC(=O)C1CC12CCC2)C1C(=O)c2ccccc2C1=O. The zero-order chi connectivity index (χ0) is 16.2. The summed E-state index contributed by atoms with van der Waals surface area (Å²) in [6.07, 6.45) is 4.40. The first kappa shape index (κ1) is 14.3. The van der Waals surface area contributed by atoms with Crippen molar-refractivity contribution in [2.45, 2.75) is 32.6 Å². The van der Waals surface area contributed by atoms with Gasteiger partial charge in [-0.1, -0.05) is 30.7 Å². The molecule has 0 aromatic heterocycles. The molecule has 0 radical (unpaired) electrons. The first-order valence-electron chi connectivity index (χ1n) is 8.05. The first-order valence-corrected chi connectivity index (χ1v) is 8.05. The molecule has 1 amide bonds. The molecule has 0 aliphatic heterocycles. The first-order chi connectivity index (χ1) is 11.0. The molecule has 1 unspecified atom stereocenters. The molecule has 3 aliphatic carbocycles. The Morgan fingerprint density at radius 2 is 1.78 bits per heavy atom. The molecule has 5 nitrogen and oxygen atoms in total. The number of nitrogens with zero attached hydrogens (tertiary/aromatic N) is 1. The Bertz CT molecular complexity index is 726. The summed E-state index contributed by atoms with van der Waals surface area (Å²) >= 11 is 0. The maximum absolute atomic E-state index is 12.4. The Morgan fingerprint density at radius 3 is 2.26 bits per heavy atom. The second-order valence-corrected chi connectivity index (χ2v) is 6.91. The summed E-state index contributed by atoms with van der Waals surface area (Å²) in [7, 11) is 0. The Morgan fingerprint density at radius 1 is 1.17 bits per heavy atom. The van der Waals surface area contributed by atoms with Crippen LogP contribution >= 0.6 is 0 Å². The van der Waals surface area contributed by atoms with Gasteiger partial charge in [0, 0.05) is 17.0 Å². The average Bonchev–Trinajstić information content (AvgIpc) is 3.24. The molecule has 4 rings (SSSR count). The highest BCUT2D eigenvalue weighted by Crippen LogP contribution is 2.65. The highest BCUT2D eigenvalue weighted by Gasteiger charge is 2.61. The lowest BCUT2D eigenvalue weighted by atomic mass is 9.80. The summed E-state index contributed by atoms with van der Waals surface area (Å²) in [4.78, 5) is 36.9. The summed E-state index contributed by atoms with van der Waals surface area (Å²) < 4.78 is 0. The van der Waals surface area contributed by atoms with Crippen LogP contribution in [0, 0.1) is 17.3 Å². The van der Waals surface area contributed by atoms with Gasteiger partial charge in [0.25, 0.3) is 0 Å². The minimum atomic E-state index is -0.899. The molecule has 3 aliphatic rings. The quantitative estimate of drug-likeness (QED) is 0.529. The van der Waals surface area contributed by atoms with E-state index in [2.05, 4.69) is 10.5 Å². The Balaban J connectivity index is 1.47. The van der Waals surface area contributed by atoms with Crippen LogP contribution in [0.5, 0.6) is 0 Å². The van der Waals surface area contributed by atoms with E-state index >= 15 is 0 Å². The molecule has 0 bridgehead atoms. The van der Waals surface area contributed by atoms with Gasteiger partial charge in [-0.2, -0.15) is 5.10 Å². The predicted octanol–water partition coefficient (Wildman–Crippen LogP) is 2.36. The van der Waals surface area contributed by atoms with E-state index in [1.54, 1.807) is 31.2 Å². The monoisotopic (exact) mass is 310 g/mol. The number of hydrogen-bond donors (Lipinski definition) is 1. The fourth-order valence-electron chi connectivity index (χ4n) is 3.91. The number of carbonyl (C=O) groups is 3. The predicted molar refractivity (Wildman–Crippen MR) is 84.2 cm³/mol. The van der Waals surface area contributed by atoms with Gasteiger partial charge >= 0.3 is 0 Å². The van der Waals surface area contributed by atoms with Crippen LogP contribution in [0.4, 0.5) is 0 Å². The summed E-state index contributed by atoms with van der Waals surface area (Å²) in [5, 5.41) is 4.05. The number of rotatable bonds is 3. The topological polar surface area (TPSA) is 75.6 Å². The molecule has 23 heavy (non-hydrogen) atoms. The van der Waals surface area contributed by atoms with Crippen molar-refractivity contribution in [3.63, 3.8) is 0 Å². The Hall–Kier alpha value is -2.30. The van der Waals surface area contributed by atoms with Crippen molar-refractivity contribution in [2.24, 2.45) is 22.4 Å². The second kappa shape index (κ2) is 4.85. The smallest absolute Gasteiger partial charge is 0.243 e.